The molecule has 26 heavy (non-hydrogen) atoms. The monoisotopic (exact) mass is 476 g/mol. The number of nitrogens with one attached hydrogen (secondary N) is 2. The van der Waals surface area contributed by atoms with Gasteiger partial charge in [0.1, 0.15) is 5.75 Å². The summed E-state index contributed by atoms with van der Waals surface area (Å²) in [6.07, 6.45) is 0. The summed E-state index contributed by atoms with van der Waals surface area (Å²) in [5.41, 5.74) is 5.12. The summed E-state index contributed by atoms with van der Waals surface area (Å²) in [7, 11) is 0. The summed E-state index contributed by atoms with van der Waals surface area (Å²) in [6, 6.07) is 18.3. The molecule has 3 aromatic rings. The topological polar surface area (TPSA) is 67.4 Å². The molecule has 5 nitrogen and oxygen atoms in total. The van der Waals surface area contributed by atoms with Gasteiger partial charge < -0.3 is 4.74 Å². The number of fused-ring (bicyclic) bond motifs is 1. The highest BCUT2D eigenvalue weighted by molar-refractivity contribution is 9.11. The molecule has 2 N–H and O–H groups in total. The van der Waals surface area contributed by atoms with Crippen molar-refractivity contribution in [3.05, 3.63) is 75.2 Å². The van der Waals surface area contributed by atoms with E-state index in [4.69, 9.17) is 4.74 Å². The Labute approximate surface area is 167 Å². The number of benzene rings is 3. The van der Waals surface area contributed by atoms with E-state index >= 15 is 0 Å². The maximum atomic E-state index is 11.9. The number of hydrazine groups is 1. The van der Waals surface area contributed by atoms with Gasteiger partial charge in [-0.1, -0.05) is 46.3 Å². The smallest absolute Gasteiger partial charge is 0.276 e. The predicted octanol–water partition coefficient (Wildman–Crippen LogP) is 4.20. The minimum atomic E-state index is -0.462. The molecule has 0 spiro atoms. The lowest BCUT2D eigenvalue weighted by atomic mass is 10.1. The Morgan fingerprint density at radius 2 is 1.62 bits per heavy atom. The van der Waals surface area contributed by atoms with Crippen molar-refractivity contribution < 1.29 is 14.3 Å². The molecule has 0 saturated carbocycles. The Morgan fingerprint density at radius 3 is 2.38 bits per heavy atom. The average Bonchev–Trinajstić information content (AvgIpc) is 2.66. The average molecular weight is 478 g/mol. The lowest BCUT2D eigenvalue weighted by Crippen LogP contribution is -2.43. The lowest BCUT2D eigenvalue weighted by Gasteiger charge is -2.11. The van der Waals surface area contributed by atoms with Crippen molar-refractivity contribution in [1.82, 2.24) is 10.9 Å². The summed E-state index contributed by atoms with van der Waals surface area (Å²) >= 11 is 6.80. The molecule has 2 amide bonds. The molecule has 3 rings (SSSR count). The van der Waals surface area contributed by atoms with Crippen molar-refractivity contribution in [3.8, 4) is 5.75 Å². The maximum absolute atomic E-state index is 11.9. The molecule has 0 atom stereocenters. The molecule has 0 bridgehead atoms. The van der Waals surface area contributed by atoms with E-state index in [1.165, 1.54) is 0 Å². The van der Waals surface area contributed by atoms with Crippen LogP contribution in [0.25, 0.3) is 10.8 Å². The Hall–Kier alpha value is -2.38. The van der Waals surface area contributed by atoms with Crippen LogP contribution in [0.1, 0.15) is 10.4 Å². The zero-order valence-corrected chi connectivity index (χ0v) is 16.6. The van der Waals surface area contributed by atoms with E-state index in [0.717, 1.165) is 19.7 Å². The van der Waals surface area contributed by atoms with Gasteiger partial charge in [0.2, 0.25) is 0 Å². The first-order valence-corrected chi connectivity index (χ1v) is 9.28. The summed E-state index contributed by atoms with van der Waals surface area (Å²) in [4.78, 5) is 23.9. The van der Waals surface area contributed by atoms with E-state index in [2.05, 4.69) is 42.7 Å². The standard InChI is InChI=1S/C19H14Br2N2O3/c20-14-8-5-13(6-9-14)19(25)23-22-17(24)11-26-16-10-7-12-3-1-2-4-15(12)18(16)21/h1-10H,11H2,(H,22,24)(H,23,25). The van der Waals surface area contributed by atoms with Gasteiger partial charge in [0.25, 0.3) is 11.8 Å². The fourth-order valence-electron chi connectivity index (χ4n) is 2.30. The molecule has 0 fully saturated rings. The third kappa shape index (κ3) is 4.42. The van der Waals surface area contributed by atoms with Gasteiger partial charge in [-0.2, -0.15) is 0 Å². The van der Waals surface area contributed by atoms with Gasteiger partial charge in [0, 0.05) is 10.0 Å². The number of carbonyl (C=O) groups is 2. The Bertz CT molecular complexity index is 959. The molecule has 0 heterocycles. The zero-order valence-electron chi connectivity index (χ0n) is 13.5. The second-order valence-electron chi connectivity index (χ2n) is 5.40. The molecule has 0 aromatic heterocycles. The van der Waals surface area contributed by atoms with Gasteiger partial charge in [0.15, 0.2) is 6.61 Å². The van der Waals surface area contributed by atoms with Crippen LogP contribution >= 0.6 is 31.9 Å². The molecule has 3 aromatic carbocycles. The van der Waals surface area contributed by atoms with Crippen molar-refractivity contribution in [2.75, 3.05) is 6.61 Å². The molecular weight excluding hydrogens is 464 g/mol. The van der Waals surface area contributed by atoms with E-state index in [9.17, 15) is 9.59 Å². The maximum Gasteiger partial charge on any atom is 0.276 e. The Kier molecular flexibility index (Phi) is 5.90. The SMILES string of the molecule is O=C(COc1ccc2ccccc2c1Br)NNC(=O)c1ccc(Br)cc1. The van der Waals surface area contributed by atoms with Crippen LogP contribution in [0, 0.1) is 0 Å². The molecular formula is C19H14Br2N2O3. The van der Waals surface area contributed by atoms with Crippen LogP contribution in [0.2, 0.25) is 0 Å². The summed E-state index contributed by atoms with van der Waals surface area (Å²) in [5.74, 6) is -0.314. The first-order valence-electron chi connectivity index (χ1n) is 7.69. The Morgan fingerprint density at radius 1 is 0.885 bits per heavy atom. The number of rotatable bonds is 4. The second kappa shape index (κ2) is 8.33. The Balaban J connectivity index is 1.55. The number of ether oxygens (including phenoxy) is 1. The molecule has 0 unspecified atom stereocenters. The minimum Gasteiger partial charge on any atom is -0.483 e. The molecule has 0 saturated heterocycles. The highest BCUT2D eigenvalue weighted by Crippen LogP contribution is 2.32. The van der Waals surface area contributed by atoms with E-state index in [1.54, 1.807) is 30.3 Å². The van der Waals surface area contributed by atoms with Gasteiger partial charge in [-0.15, -0.1) is 0 Å². The van der Waals surface area contributed by atoms with E-state index in [0.29, 0.717) is 11.3 Å². The fraction of sp³-hybridized carbons (Fsp3) is 0.0526. The molecule has 0 aliphatic carbocycles. The largest absolute Gasteiger partial charge is 0.483 e. The van der Waals surface area contributed by atoms with Crippen LogP contribution in [-0.2, 0) is 4.79 Å². The summed E-state index contributed by atoms with van der Waals surface area (Å²) in [5, 5.41) is 2.06. The van der Waals surface area contributed by atoms with Gasteiger partial charge in [-0.3, -0.25) is 20.4 Å². The van der Waals surface area contributed by atoms with E-state index in [1.807, 2.05) is 30.3 Å². The zero-order chi connectivity index (χ0) is 18.5. The quantitative estimate of drug-likeness (QED) is 0.553. The third-order valence-electron chi connectivity index (χ3n) is 3.61. The number of amides is 2. The molecule has 132 valence electrons. The van der Waals surface area contributed by atoms with Crippen molar-refractivity contribution >= 4 is 54.4 Å². The van der Waals surface area contributed by atoms with E-state index < -0.39 is 11.8 Å². The highest BCUT2D eigenvalue weighted by Gasteiger charge is 2.10. The third-order valence-corrected chi connectivity index (χ3v) is 4.96. The number of halogens is 2. The molecule has 0 aliphatic heterocycles. The molecule has 7 heteroatoms. The lowest BCUT2D eigenvalue weighted by molar-refractivity contribution is -0.123. The van der Waals surface area contributed by atoms with Gasteiger partial charge in [0.05, 0.1) is 4.47 Å². The predicted molar refractivity (Wildman–Crippen MR) is 107 cm³/mol. The summed E-state index contributed by atoms with van der Waals surface area (Å²) in [6.45, 7) is -0.225. The van der Waals surface area contributed by atoms with Crippen LogP contribution in [0.15, 0.2) is 69.6 Å². The van der Waals surface area contributed by atoms with Crippen LogP contribution in [0.4, 0.5) is 0 Å². The highest BCUT2D eigenvalue weighted by atomic mass is 79.9. The van der Waals surface area contributed by atoms with Crippen LogP contribution in [-0.4, -0.2) is 18.4 Å². The second-order valence-corrected chi connectivity index (χ2v) is 7.11. The van der Waals surface area contributed by atoms with Gasteiger partial charge in [-0.25, -0.2) is 0 Å². The van der Waals surface area contributed by atoms with Crippen molar-refractivity contribution in [2.45, 2.75) is 0 Å². The fourth-order valence-corrected chi connectivity index (χ4v) is 3.18. The van der Waals surface area contributed by atoms with Crippen LogP contribution in [0.3, 0.4) is 0 Å². The first kappa shape index (κ1) is 18.4. The van der Waals surface area contributed by atoms with Gasteiger partial charge in [-0.05, 0) is 57.0 Å². The normalized spacial score (nSPS) is 10.4. The van der Waals surface area contributed by atoms with Crippen molar-refractivity contribution in [1.29, 1.82) is 0 Å². The van der Waals surface area contributed by atoms with Crippen LogP contribution < -0.4 is 15.6 Å². The number of carbonyl (C=O) groups excluding carboxylic acids is 2. The molecule has 0 aliphatic rings. The summed E-state index contributed by atoms with van der Waals surface area (Å²) < 4.78 is 7.19. The van der Waals surface area contributed by atoms with Crippen molar-refractivity contribution in [2.24, 2.45) is 0 Å². The van der Waals surface area contributed by atoms with Crippen LogP contribution in [0.5, 0.6) is 5.75 Å². The van der Waals surface area contributed by atoms with Gasteiger partial charge >= 0.3 is 0 Å². The number of hydrogen-bond donors (Lipinski definition) is 2. The van der Waals surface area contributed by atoms with Crippen molar-refractivity contribution in [3.63, 3.8) is 0 Å². The minimum absolute atomic E-state index is 0.225. The molecule has 0 radical (unpaired) electrons. The number of hydrogen-bond acceptors (Lipinski definition) is 3. The van der Waals surface area contributed by atoms with E-state index in [-0.39, 0.29) is 6.61 Å². The first-order chi connectivity index (χ1) is 12.5.